The highest BCUT2D eigenvalue weighted by Gasteiger charge is 2.46. The minimum Gasteiger partial charge on any atom is -0.336 e. The van der Waals surface area contributed by atoms with Gasteiger partial charge in [-0.1, -0.05) is 12.8 Å². The molecule has 1 aliphatic carbocycles. The van der Waals surface area contributed by atoms with Gasteiger partial charge in [-0.3, -0.25) is 20.0 Å². The zero-order chi connectivity index (χ0) is 19.1. The van der Waals surface area contributed by atoms with Crippen molar-refractivity contribution in [3.63, 3.8) is 0 Å². The quantitative estimate of drug-likeness (QED) is 0.775. The second-order valence-corrected chi connectivity index (χ2v) is 8.71. The second kappa shape index (κ2) is 7.40. The van der Waals surface area contributed by atoms with E-state index in [-0.39, 0.29) is 23.9 Å². The Bertz CT molecular complexity index is 743. The van der Waals surface area contributed by atoms with Gasteiger partial charge in [0.15, 0.2) is 0 Å². The molecule has 5 heterocycles. The standard InChI is InChI=1S/C20H28N6O2/c27-19(17-9-21-7-8-22-17)25-10-13-5-6-14(12-25)26(11-13)20(28)18-15-3-1-2-4-16(15)23-24-18/h7-9,13-16,18,23-24H,1-6,10-12H2/t13-,14+,15?,16?,18?/m0/s1. The normalized spacial score (nSPS) is 34.8. The van der Waals surface area contributed by atoms with E-state index < -0.39 is 0 Å². The maximum absolute atomic E-state index is 13.4. The molecule has 8 heteroatoms. The molecule has 5 aliphatic rings. The summed E-state index contributed by atoms with van der Waals surface area (Å²) in [6.07, 6.45) is 11.4. The summed E-state index contributed by atoms with van der Waals surface area (Å²) in [4.78, 5) is 38.5. The number of nitrogens with zero attached hydrogens (tertiary/aromatic N) is 4. The van der Waals surface area contributed by atoms with Crippen LogP contribution in [0.25, 0.3) is 0 Å². The third-order valence-electron chi connectivity index (χ3n) is 7.00. The van der Waals surface area contributed by atoms with Crippen LogP contribution < -0.4 is 10.9 Å². The highest BCUT2D eigenvalue weighted by molar-refractivity contribution is 5.92. The van der Waals surface area contributed by atoms with E-state index >= 15 is 0 Å². The molecule has 2 N–H and O–H groups in total. The Morgan fingerprint density at radius 2 is 1.89 bits per heavy atom. The molecular formula is C20H28N6O2. The van der Waals surface area contributed by atoms with Gasteiger partial charge >= 0.3 is 0 Å². The smallest absolute Gasteiger partial charge is 0.274 e. The number of nitrogens with one attached hydrogen (secondary N) is 2. The van der Waals surface area contributed by atoms with Crippen molar-refractivity contribution in [1.82, 2.24) is 30.6 Å². The predicted molar refractivity (Wildman–Crippen MR) is 102 cm³/mol. The Kier molecular flexibility index (Phi) is 4.76. The molecule has 0 aromatic carbocycles. The van der Waals surface area contributed by atoms with Crippen LogP contribution in [-0.4, -0.2) is 69.3 Å². The van der Waals surface area contributed by atoms with E-state index in [0.29, 0.717) is 36.7 Å². The lowest BCUT2D eigenvalue weighted by Gasteiger charge is -2.38. The van der Waals surface area contributed by atoms with Gasteiger partial charge in [-0.15, -0.1) is 0 Å². The number of aromatic nitrogens is 2. The number of carbonyl (C=O) groups is 2. The number of carbonyl (C=O) groups excluding carboxylic acids is 2. The van der Waals surface area contributed by atoms with E-state index in [9.17, 15) is 9.59 Å². The topological polar surface area (TPSA) is 90.5 Å². The van der Waals surface area contributed by atoms with E-state index in [0.717, 1.165) is 32.2 Å². The van der Waals surface area contributed by atoms with Crippen LogP contribution in [0.4, 0.5) is 0 Å². The fraction of sp³-hybridized carbons (Fsp3) is 0.700. The van der Waals surface area contributed by atoms with Gasteiger partial charge in [-0.25, -0.2) is 10.4 Å². The average Bonchev–Trinajstić information content (AvgIpc) is 2.95. The molecule has 5 atom stereocenters. The van der Waals surface area contributed by atoms with Crippen LogP contribution in [0.15, 0.2) is 18.6 Å². The first kappa shape index (κ1) is 18.0. The molecule has 8 nitrogen and oxygen atoms in total. The van der Waals surface area contributed by atoms with E-state index in [2.05, 4.69) is 25.7 Å². The Morgan fingerprint density at radius 3 is 2.75 bits per heavy atom. The third kappa shape index (κ3) is 3.18. The van der Waals surface area contributed by atoms with Crippen LogP contribution in [0.1, 0.15) is 49.0 Å². The van der Waals surface area contributed by atoms with Crippen LogP contribution in [-0.2, 0) is 4.79 Å². The zero-order valence-electron chi connectivity index (χ0n) is 16.1. The van der Waals surface area contributed by atoms with Crippen molar-refractivity contribution in [2.24, 2.45) is 11.8 Å². The molecule has 2 amide bonds. The molecule has 1 aromatic heterocycles. The van der Waals surface area contributed by atoms with E-state index in [1.165, 1.54) is 19.0 Å². The monoisotopic (exact) mass is 384 g/mol. The summed E-state index contributed by atoms with van der Waals surface area (Å²) in [5.41, 5.74) is 7.04. The highest BCUT2D eigenvalue weighted by Crippen LogP contribution is 2.34. The number of hydrazine groups is 1. The van der Waals surface area contributed by atoms with Crippen molar-refractivity contribution in [1.29, 1.82) is 0 Å². The minimum atomic E-state index is -0.131. The fourth-order valence-electron chi connectivity index (χ4n) is 5.55. The van der Waals surface area contributed by atoms with Crippen molar-refractivity contribution >= 4 is 11.8 Å². The zero-order valence-corrected chi connectivity index (χ0v) is 16.1. The molecule has 28 heavy (non-hydrogen) atoms. The second-order valence-electron chi connectivity index (χ2n) is 8.71. The summed E-state index contributed by atoms with van der Waals surface area (Å²) in [5.74, 6) is 0.859. The van der Waals surface area contributed by atoms with Gasteiger partial charge in [0.05, 0.1) is 6.20 Å². The van der Waals surface area contributed by atoms with Gasteiger partial charge in [0.1, 0.15) is 11.7 Å². The number of rotatable bonds is 2. The highest BCUT2D eigenvalue weighted by atomic mass is 16.2. The largest absolute Gasteiger partial charge is 0.336 e. The lowest BCUT2D eigenvalue weighted by Crippen LogP contribution is -2.55. The first-order valence-electron chi connectivity index (χ1n) is 10.6. The van der Waals surface area contributed by atoms with Gasteiger partial charge in [0, 0.05) is 50.0 Å². The van der Waals surface area contributed by atoms with Gasteiger partial charge in [-0.2, -0.15) is 0 Å². The summed E-state index contributed by atoms with van der Waals surface area (Å²) in [6.45, 7) is 2.04. The number of fused-ring (bicyclic) bond motifs is 5. The molecule has 1 aromatic rings. The van der Waals surface area contributed by atoms with Crippen LogP contribution >= 0.6 is 0 Å². The Morgan fingerprint density at radius 1 is 1.00 bits per heavy atom. The number of hydrogen-bond donors (Lipinski definition) is 2. The fourth-order valence-corrected chi connectivity index (χ4v) is 5.55. The lowest BCUT2D eigenvalue weighted by atomic mass is 9.81. The van der Waals surface area contributed by atoms with Gasteiger partial charge < -0.3 is 9.80 Å². The van der Waals surface area contributed by atoms with Crippen LogP contribution in [0.5, 0.6) is 0 Å². The summed E-state index contributed by atoms with van der Waals surface area (Å²) in [5, 5.41) is 0. The molecule has 3 unspecified atom stereocenters. The molecule has 0 radical (unpaired) electrons. The SMILES string of the molecule is O=C(c1cnccn1)N1C[C@@H]2CC[C@H](C1)N(C(=O)C1NNC3CCCCC31)C2. The third-order valence-corrected chi connectivity index (χ3v) is 7.00. The maximum Gasteiger partial charge on any atom is 0.274 e. The molecule has 150 valence electrons. The van der Waals surface area contributed by atoms with Gasteiger partial charge in [-0.05, 0) is 31.6 Å². The van der Waals surface area contributed by atoms with E-state index in [4.69, 9.17) is 0 Å². The van der Waals surface area contributed by atoms with E-state index in [1.807, 2.05) is 4.90 Å². The Hall–Kier alpha value is -2.06. The number of hydrogen-bond acceptors (Lipinski definition) is 6. The lowest BCUT2D eigenvalue weighted by molar-refractivity contribution is -0.138. The Balaban J connectivity index is 1.31. The minimum absolute atomic E-state index is 0.0766. The molecule has 1 saturated carbocycles. The molecule has 4 saturated heterocycles. The number of amides is 2. The van der Waals surface area contributed by atoms with Crippen molar-refractivity contribution in [3.8, 4) is 0 Å². The molecule has 5 fully saturated rings. The average molecular weight is 384 g/mol. The van der Waals surface area contributed by atoms with Crippen molar-refractivity contribution in [2.45, 2.75) is 56.7 Å². The molecule has 0 spiro atoms. The van der Waals surface area contributed by atoms with Crippen LogP contribution in [0.2, 0.25) is 0 Å². The van der Waals surface area contributed by atoms with Crippen molar-refractivity contribution in [2.75, 3.05) is 19.6 Å². The van der Waals surface area contributed by atoms with Crippen LogP contribution in [0.3, 0.4) is 0 Å². The predicted octanol–water partition coefficient (Wildman–Crippen LogP) is 0.575. The molecule has 6 rings (SSSR count). The molecular weight excluding hydrogens is 356 g/mol. The molecule has 2 bridgehead atoms. The first-order chi connectivity index (χ1) is 13.7. The van der Waals surface area contributed by atoms with E-state index in [1.54, 1.807) is 12.4 Å². The first-order valence-corrected chi connectivity index (χ1v) is 10.6. The van der Waals surface area contributed by atoms with Gasteiger partial charge in [0.25, 0.3) is 5.91 Å². The summed E-state index contributed by atoms with van der Waals surface area (Å²) in [7, 11) is 0. The Labute approximate surface area is 165 Å². The van der Waals surface area contributed by atoms with Crippen LogP contribution in [0, 0.1) is 11.8 Å². The summed E-state index contributed by atoms with van der Waals surface area (Å²) >= 11 is 0. The van der Waals surface area contributed by atoms with Crippen molar-refractivity contribution in [3.05, 3.63) is 24.3 Å². The number of piperidine rings is 1. The summed E-state index contributed by atoms with van der Waals surface area (Å²) < 4.78 is 0. The van der Waals surface area contributed by atoms with Gasteiger partial charge in [0.2, 0.25) is 5.91 Å². The van der Waals surface area contributed by atoms with Crippen molar-refractivity contribution < 1.29 is 9.59 Å². The summed E-state index contributed by atoms with van der Waals surface area (Å²) in [6, 6.07) is 0.381. The molecule has 4 aliphatic heterocycles. The maximum atomic E-state index is 13.4.